The summed E-state index contributed by atoms with van der Waals surface area (Å²) in [5, 5.41) is 5.84. The van der Waals surface area contributed by atoms with Crippen LogP contribution in [-0.2, 0) is 19.3 Å². The summed E-state index contributed by atoms with van der Waals surface area (Å²) >= 11 is 6.23. The Balaban J connectivity index is 1.93. The first-order valence-electron chi connectivity index (χ1n) is 8.93. The van der Waals surface area contributed by atoms with E-state index in [1.54, 1.807) is 0 Å². The molecule has 0 radical (unpaired) electrons. The molecule has 122 valence electrons. The first-order valence-corrected chi connectivity index (χ1v) is 9.31. The summed E-state index contributed by atoms with van der Waals surface area (Å²) in [6.07, 6.45) is 12.7. The van der Waals surface area contributed by atoms with Crippen molar-refractivity contribution in [2.45, 2.75) is 84.1 Å². The van der Waals surface area contributed by atoms with E-state index in [-0.39, 0.29) is 5.41 Å². The van der Waals surface area contributed by atoms with Crippen molar-refractivity contribution in [1.29, 1.82) is 0 Å². The number of hydrogen-bond donors (Lipinski definition) is 0. The zero-order valence-electron chi connectivity index (χ0n) is 14.1. The SMILES string of the molecule is C=C(Cl)C(C)(C)Cc1nn(C2CCCCC2)c2c1CCCC2. The van der Waals surface area contributed by atoms with Crippen LogP contribution in [0, 0.1) is 5.41 Å². The lowest BCUT2D eigenvalue weighted by Crippen LogP contribution is -2.18. The molecule has 0 spiro atoms. The van der Waals surface area contributed by atoms with E-state index in [2.05, 4.69) is 25.1 Å². The van der Waals surface area contributed by atoms with Gasteiger partial charge in [0.25, 0.3) is 0 Å². The van der Waals surface area contributed by atoms with E-state index < -0.39 is 0 Å². The Labute approximate surface area is 139 Å². The molecule has 0 atom stereocenters. The number of fused-ring (bicyclic) bond motifs is 1. The smallest absolute Gasteiger partial charge is 0.0668 e. The van der Waals surface area contributed by atoms with Gasteiger partial charge in [-0.25, -0.2) is 0 Å². The molecule has 2 nitrogen and oxygen atoms in total. The predicted molar refractivity (Wildman–Crippen MR) is 93.5 cm³/mol. The van der Waals surface area contributed by atoms with Crippen molar-refractivity contribution in [2.75, 3.05) is 0 Å². The molecule has 0 bridgehead atoms. The fourth-order valence-corrected chi connectivity index (χ4v) is 4.05. The zero-order chi connectivity index (χ0) is 15.7. The van der Waals surface area contributed by atoms with Gasteiger partial charge in [0.15, 0.2) is 0 Å². The van der Waals surface area contributed by atoms with Gasteiger partial charge in [0.2, 0.25) is 0 Å². The first-order chi connectivity index (χ1) is 10.5. The fraction of sp³-hybridized carbons (Fsp3) is 0.737. The van der Waals surface area contributed by atoms with Crippen molar-refractivity contribution >= 4 is 11.6 Å². The minimum absolute atomic E-state index is 0.0848. The minimum Gasteiger partial charge on any atom is -0.266 e. The number of allylic oxidation sites excluding steroid dienone is 1. The van der Waals surface area contributed by atoms with Crippen molar-refractivity contribution in [2.24, 2.45) is 5.41 Å². The average Bonchev–Trinajstić information content (AvgIpc) is 2.86. The topological polar surface area (TPSA) is 17.8 Å². The highest BCUT2D eigenvalue weighted by Gasteiger charge is 2.30. The van der Waals surface area contributed by atoms with Crippen molar-refractivity contribution in [3.63, 3.8) is 0 Å². The van der Waals surface area contributed by atoms with Gasteiger partial charge < -0.3 is 0 Å². The van der Waals surface area contributed by atoms with Gasteiger partial charge in [-0.3, -0.25) is 4.68 Å². The molecule has 0 unspecified atom stereocenters. The number of hydrogen-bond acceptors (Lipinski definition) is 1. The fourth-order valence-electron chi connectivity index (χ4n) is 3.99. The van der Waals surface area contributed by atoms with Crippen LogP contribution in [0.4, 0.5) is 0 Å². The van der Waals surface area contributed by atoms with E-state index in [9.17, 15) is 0 Å². The van der Waals surface area contributed by atoms with E-state index in [0.29, 0.717) is 6.04 Å². The Morgan fingerprint density at radius 3 is 2.55 bits per heavy atom. The van der Waals surface area contributed by atoms with Crippen molar-refractivity contribution < 1.29 is 0 Å². The van der Waals surface area contributed by atoms with Gasteiger partial charge >= 0.3 is 0 Å². The Bertz CT molecular complexity index is 550. The second kappa shape index (κ2) is 6.39. The third-order valence-electron chi connectivity index (χ3n) is 5.56. The summed E-state index contributed by atoms with van der Waals surface area (Å²) in [5.74, 6) is 0. The van der Waals surface area contributed by atoms with Gasteiger partial charge in [0.05, 0.1) is 11.7 Å². The molecule has 2 aliphatic rings. The molecule has 3 heteroatoms. The molecule has 1 fully saturated rings. The largest absolute Gasteiger partial charge is 0.266 e. The van der Waals surface area contributed by atoms with Gasteiger partial charge in [-0.15, -0.1) is 0 Å². The summed E-state index contributed by atoms with van der Waals surface area (Å²) < 4.78 is 2.41. The van der Waals surface area contributed by atoms with Crippen LogP contribution < -0.4 is 0 Å². The third kappa shape index (κ3) is 3.13. The van der Waals surface area contributed by atoms with Gasteiger partial charge in [-0.05, 0) is 44.1 Å². The van der Waals surface area contributed by atoms with E-state index >= 15 is 0 Å². The highest BCUT2D eigenvalue weighted by Crippen LogP contribution is 2.37. The summed E-state index contributed by atoms with van der Waals surface area (Å²) in [5.41, 5.74) is 4.26. The van der Waals surface area contributed by atoms with Crippen LogP contribution in [0.1, 0.15) is 81.8 Å². The molecule has 0 N–H and O–H groups in total. The summed E-state index contributed by atoms with van der Waals surface area (Å²) in [6, 6.07) is 0.636. The van der Waals surface area contributed by atoms with Gasteiger partial charge in [0, 0.05) is 22.6 Å². The highest BCUT2D eigenvalue weighted by molar-refractivity contribution is 6.29. The Kier molecular flexibility index (Phi) is 4.68. The molecule has 3 rings (SSSR count). The van der Waals surface area contributed by atoms with E-state index in [0.717, 1.165) is 11.5 Å². The molecule has 1 saturated carbocycles. The maximum absolute atomic E-state index is 6.23. The van der Waals surface area contributed by atoms with Gasteiger partial charge in [0.1, 0.15) is 0 Å². The second-order valence-electron chi connectivity index (χ2n) is 7.78. The van der Waals surface area contributed by atoms with Crippen LogP contribution in [0.2, 0.25) is 0 Å². The number of aromatic nitrogens is 2. The van der Waals surface area contributed by atoms with E-state index in [1.807, 2.05) is 0 Å². The number of rotatable bonds is 4. The van der Waals surface area contributed by atoms with Crippen molar-refractivity contribution in [1.82, 2.24) is 9.78 Å². The molecule has 0 saturated heterocycles. The number of nitrogens with zero attached hydrogens (tertiary/aromatic N) is 2. The van der Waals surface area contributed by atoms with Gasteiger partial charge in [-0.1, -0.05) is 51.3 Å². The predicted octanol–water partition coefficient (Wildman–Crippen LogP) is 5.59. The van der Waals surface area contributed by atoms with Crippen LogP contribution in [0.5, 0.6) is 0 Å². The average molecular weight is 321 g/mol. The van der Waals surface area contributed by atoms with Crippen LogP contribution >= 0.6 is 11.6 Å². The van der Waals surface area contributed by atoms with Gasteiger partial charge in [-0.2, -0.15) is 5.10 Å². The standard InChI is InChI=1S/C19H29ClN2/c1-14(20)19(2,3)13-17-16-11-7-8-12-18(16)22(21-17)15-9-5-4-6-10-15/h15H,1,4-13H2,2-3H3. The second-order valence-corrected chi connectivity index (χ2v) is 8.24. The molecule has 22 heavy (non-hydrogen) atoms. The molecule has 2 aliphatic carbocycles. The highest BCUT2D eigenvalue weighted by atomic mass is 35.5. The van der Waals surface area contributed by atoms with Crippen LogP contribution in [-0.4, -0.2) is 9.78 Å². The zero-order valence-corrected chi connectivity index (χ0v) is 14.9. The maximum atomic E-state index is 6.23. The molecule has 0 aromatic carbocycles. The van der Waals surface area contributed by atoms with E-state index in [1.165, 1.54) is 74.7 Å². The number of halogens is 1. The maximum Gasteiger partial charge on any atom is 0.0668 e. The quantitative estimate of drug-likeness (QED) is 0.707. The lowest BCUT2D eigenvalue weighted by molar-refractivity contribution is 0.317. The lowest BCUT2D eigenvalue weighted by atomic mass is 9.84. The van der Waals surface area contributed by atoms with Crippen molar-refractivity contribution in [3.05, 3.63) is 28.6 Å². The molecule has 1 aromatic rings. The molecular formula is C19H29ClN2. The molecular weight excluding hydrogens is 292 g/mol. The Hall–Kier alpha value is -0.760. The molecule has 0 amide bonds. The van der Waals surface area contributed by atoms with Crippen LogP contribution in [0.15, 0.2) is 11.6 Å². The first kappa shape index (κ1) is 16.1. The third-order valence-corrected chi connectivity index (χ3v) is 6.07. The summed E-state index contributed by atoms with van der Waals surface area (Å²) in [7, 11) is 0. The summed E-state index contributed by atoms with van der Waals surface area (Å²) in [6.45, 7) is 8.32. The van der Waals surface area contributed by atoms with Crippen LogP contribution in [0.25, 0.3) is 0 Å². The Morgan fingerprint density at radius 2 is 1.86 bits per heavy atom. The van der Waals surface area contributed by atoms with E-state index in [4.69, 9.17) is 16.7 Å². The Morgan fingerprint density at radius 1 is 1.18 bits per heavy atom. The summed E-state index contributed by atoms with van der Waals surface area (Å²) in [4.78, 5) is 0. The molecule has 1 heterocycles. The molecule has 1 aromatic heterocycles. The monoisotopic (exact) mass is 320 g/mol. The molecule has 0 aliphatic heterocycles. The minimum atomic E-state index is -0.0848. The normalized spacial score (nSPS) is 20.0. The van der Waals surface area contributed by atoms with Crippen molar-refractivity contribution in [3.8, 4) is 0 Å². The van der Waals surface area contributed by atoms with Crippen LogP contribution in [0.3, 0.4) is 0 Å². The lowest BCUT2D eigenvalue weighted by Gasteiger charge is -2.25.